The van der Waals surface area contributed by atoms with Crippen molar-refractivity contribution in [3.8, 4) is 78.3 Å². The van der Waals surface area contributed by atoms with Crippen molar-refractivity contribution in [3.63, 3.8) is 0 Å². The van der Waals surface area contributed by atoms with Gasteiger partial charge in [0.25, 0.3) is 17.7 Å². The van der Waals surface area contributed by atoms with Gasteiger partial charge < -0.3 is 73.4 Å². The number of likely N-dealkylation sites (tertiary alicyclic amines) is 3. The van der Waals surface area contributed by atoms with E-state index >= 15 is 0 Å². The number of fused-ring (bicyclic) bond motifs is 5. The van der Waals surface area contributed by atoms with Crippen LogP contribution in [-0.4, -0.2) is 237 Å². The zero-order valence-corrected chi connectivity index (χ0v) is 81.4. The number of nitrogen functional groups attached to an aromatic ring is 4. The number of aromatic nitrogens is 16. The number of aliphatic hydroxyl groups is 5. The maximum atomic E-state index is 12.5. The molecule has 12 aromatic heterocycles. The lowest BCUT2D eigenvalue weighted by Crippen LogP contribution is -2.48. The molecule has 0 spiro atoms. The monoisotopic (exact) mass is 2100 g/mol. The summed E-state index contributed by atoms with van der Waals surface area (Å²) in [7, 11) is 1.87. The smallest absolute Gasteiger partial charge is 0.254 e. The first-order valence-electron chi connectivity index (χ1n) is 44.3. The topological polar surface area (TPSA) is 454 Å². The molecule has 0 aliphatic carbocycles. The fraction of sp³-hybridized carbons (Fsp3) is 0.265. The Morgan fingerprint density at radius 1 is 0.434 bits per heavy atom. The van der Waals surface area contributed by atoms with E-state index in [0.29, 0.717) is 119 Å². The molecular weight excluding hydrogens is 2010 g/mol. The Balaban J connectivity index is 0.000000126. The van der Waals surface area contributed by atoms with Crippen molar-refractivity contribution in [1.82, 2.24) is 103 Å². The van der Waals surface area contributed by atoms with Crippen molar-refractivity contribution in [1.29, 1.82) is 0 Å². The molecule has 136 heavy (non-hydrogen) atoms. The molecule has 16 aromatic rings. The van der Waals surface area contributed by atoms with Gasteiger partial charge >= 0.3 is 0 Å². The number of hydrogen-bond donors (Lipinski definition) is 10. The molecule has 0 bridgehead atoms. The second-order valence-corrected chi connectivity index (χ2v) is 37.5. The number of nitrogens with one attached hydrogen (secondary N) is 1. The van der Waals surface area contributed by atoms with Crippen LogP contribution in [0.2, 0.25) is 0 Å². The highest BCUT2D eigenvalue weighted by molar-refractivity contribution is 9.11. The minimum Gasteiger partial charge on any atom is -0.393 e. The average molecular weight is 2100 g/mol. The quantitative estimate of drug-likeness (QED) is 0.0402. The number of thiocarbonyl (C=S) groups is 1. The molecule has 696 valence electrons. The van der Waals surface area contributed by atoms with Crippen LogP contribution in [0.5, 0.6) is 0 Å². The molecule has 0 saturated carbocycles. The van der Waals surface area contributed by atoms with Gasteiger partial charge in [-0.15, -0.1) is 0 Å². The molecule has 0 radical (unpaired) electrons. The third kappa shape index (κ3) is 19.7. The van der Waals surface area contributed by atoms with Crippen molar-refractivity contribution >= 4 is 161 Å². The zero-order chi connectivity index (χ0) is 95.3. The van der Waals surface area contributed by atoms with E-state index in [-0.39, 0.29) is 17.7 Å². The highest BCUT2D eigenvalue weighted by atomic mass is 79.9. The molecule has 2 atom stereocenters. The number of aliphatic hydroxyl groups excluding tert-OH is 4. The van der Waals surface area contributed by atoms with Crippen molar-refractivity contribution < 1.29 is 39.9 Å². The van der Waals surface area contributed by atoms with Gasteiger partial charge in [0, 0.05) is 169 Å². The molecule has 4 aliphatic heterocycles. The molecule has 20 rings (SSSR count). The minimum atomic E-state index is -1.40. The number of rotatable bonds is 16. The molecule has 4 aromatic carbocycles. The first-order valence-corrected chi connectivity index (χ1v) is 47.9. The summed E-state index contributed by atoms with van der Waals surface area (Å²) in [6.45, 7) is 6.42. The summed E-state index contributed by atoms with van der Waals surface area (Å²) < 4.78 is 9.40. The molecule has 38 heteroatoms. The summed E-state index contributed by atoms with van der Waals surface area (Å²) in [5.41, 5.74) is 45.1. The number of para-hydroxylation sites is 1. The van der Waals surface area contributed by atoms with Gasteiger partial charge in [0.1, 0.15) is 28.9 Å². The van der Waals surface area contributed by atoms with Gasteiger partial charge in [-0.2, -0.15) is 38.5 Å². The molecule has 14 N–H and O–H groups in total. The second-order valence-electron chi connectivity index (χ2n) is 33.9. The van der Waals surface area contributed by atoms with E-state index in [1.54, 1.807) is 52.6 Å². The molecule has 3 saturated heterocycles. The highest BCUT2D eigenvalue weighted by Gasteiger charge is 2.37. The van der Waals surface area contributed by atoms with E-state index in [9.17, 15) is 29.7 Å². The van der Waals surface area contributed by atoms with E-state index in [1.165, 1.54) is 18.7 Å². The van der Waals surface area contributed by atoms with E-state index < -0.39 is 42.8 Å². The van der Waals surface area contributed by atoms with Gasteiger partial charge in [-0.05, 0) is 171 Å². The predicted molar refractivity (Wildman–Crippen MR) is 541 cm³/mol. The molecule has 1 unspecified atom stereocenters. The van der Waals surface area contributed by atoms with Gasteiger partial charge in [-0.3, -0.25) is 34.3 Å². The number of nitrogens with zero attached hydrogens (tertiary/aromatic N) is 20. The maximum Gasteiger partial charge on any atom is 0.254 e. The number of anilines is 4. The van der Waals surface area contributed by atoms with Crippen molar-refractivity contribution in [2.24, 2.45) is 0 Å². The van der Waals surface area contributed by atoms with Gasteiger partial charge in [0.05, 0.1) is 101 Å². The van der Waals surface area contributed by atoms with Crippen molar-refractivity contribution in [2.45, 2.75) is 94.4 Å². The number of benzene rings is 4. The van der Waals surface area contributed by atoms with Gasteiger partial charge in [0.2, 0.25) is 0 Å². The molecule has 3 fully saturated rings. The summed E-state index contributed by atoms with van der Waals surface area (Å²) >= 11 is 19.9. The number of carbonyl (C=O) groups is 3. The van der Waals surface area contributed by atoms with Crippen LogP contribution in [0, 0.1) is 0 Å². The molecule has 16 heterocycles. The SMILES string of the molecule is CC(C)(O)C(=O)N1CCC(c2nc3c(-c4ccc(-c5ccccc5)nc4)cnn3c(N)c2Br)CC1.CNC(=S)N1CCC(c2nc3c(-c4cnc5ccccc5c4)cnn3c(N)c2Br)CC1.Nc1c(Br)c(C2=CCN(C(=O)C(O)CO)CC2)nc2c(-c3ccc(-c4ccccc4)nc3)cnn12.Nc1c(Br)c(C2CCN(C(=O)[C@@H](O)CO)CC2)nc2c(-c3ccc(-c4ccccc4)nc3)cnn12. The van der Waals surface area contributed by atoms with E-state index in [4.69, 9.17) is 65.3 Å². The van der Waals surface area contributed by atoms with Crippen LogP contribution in [0.4, 0.5) is 23.3 Å². The average Bonchev–Trinajstić information content (AvgIpc) is 1.59. The Kier molecular flexibility index (Phi) is 28.8. The number of halogens is 4. The standard InChI is InChI=1S/C26H27BrN6O2.C25H25BrN6O3.C25H23BrN6O3.C22H22BrN7S/c1-26(2,35)25(34)32-12-10-17(11-13-32)22-21(27)23(28)33-24(31-22)19(15-30-33)18-8-9-20(29-14-18)16-6-4-3-5-7-16;2*26-21-22(16-8-10-31(11-9-16)25(35)20(34)14-33)30-24-18(13-29-32(24)23(21)27)17-6-7-19(28-12-17)15-4-2-1-3-5-15;1-25-22(31)29-8-6-13(7-9-29)19-18(23)20(24)30-21(28-19)16(12-27-30)15-10-14-4-2-3-5-17(14)26-11-15/h3-9,14-15,17,35H,10-13,28H2,1-2H3;1-7,12-13,16,20,33-34H,8-11,14,27H2;1-8,12-13,20,33-34H,9-11,14,27H2;2-5,10-13H,6-9,24H2,1H3,(H,25,31)/t;20-;;/m.0../s1. The molecular formula is C98H97Br4N25O8S. The van der Waals surface area contributed by atoms with Crippen LogP contribution in [0.25, 0.3) is 117 Å². The Bertz CT molecular complexity index is 7130. The normalized spacial score (nSPS) is 15.0. The van der Waals surface area contributed by atoms with Crippen molar-refractivity contribution in [2.75, 3.05) is 95.6 Å². The number of nitrogens with two attached hydrogens (primary N) is 4. The van der Waals surface area contributed by atoms with Crippen LogP contribution >= 0.6 is 75.9 Å². The fourth-order valence-corrected chi connectivity index (χ4v) is 19.8. The zero-order valence-electron chi connectivity index (χ0n) is 74.2. The second kappa shape index (κ2) is 41.3. The number of hydrogen-bond acceptors (Lipinski definition) is 25. The number of carbonyl (C=O) groups excluding carboxylic acids is 3. The summed E-state index contributed by atoms with van der Waals surface area (Å²) in [5.74, 6) is 1.24. The summed E-state index contributed by atoms with van der Waals surface area (Å²) in [4.78, 5) is 82.2. The van der Waals surface area contributed by atoms with Crippen LogP contribution in [-0.2, 0) is 14.4 Å². The first-order chi connectivity index (χ1) is 65.7. The summed E-state index contributed by atoms with van der Waals surface area (Å²) in [6.07, 6.45) is 18.7. The van der Waals surface area contributed by atoms with Crippen LogP contribution in [0.15, 0.2) is 231 Å². The Morgan fingerprint density at radius 2 is 0.787 bits per heavy atom. The van der Waals surface area contributed by atoms with Crippen LogP contribution < -0.4 is 28.3 Å². The van der Waals surface area contributed by atoms with E-state index in [1.807, 2.05) is 184 Å². The third-order valence-corrected chi connectivity index (χ3v) is 28.6. The van der Waals surface area contributed by atoms with Crippen LogP contribution in [0.3, 0.4) is 0 Å². The summed E-state index contributed by atoms with van der Waals surface area (Å²) in [6, 6.07) is 52.1. The lowest BCUT2D eigenvalue weighted by Gasteiger charge is -2.35. The lowest BCUT2D eigenvalue weighted by atomic mass is 9.92. The lowest BCUT2D eigenvalue weighted by molar-refractivity contribution is -0.149. The predicted octanol–water partition coefficient (Wildman–Crippen LogP) is 13.9. The molecule has 4 aliphatic rings. The fourth-order valence-electron chi connectivity index (χ4n) is 17.4. The largest absolute Gasteiger partial charge is 0.393 e. The van der Waals surface area contributed by atoms with Crippen molar-refractivity contribution in [3.05, 3.63) is 254 Å². The third-order valence-electron chi connectivity index (χ3n) is 24.9. The maximum absolute atomic E-state index is 12.5. The molecule has 3 amide bonds. The van der Waals surface area contributed by atoms with Gasteiger partial charge in [0.15, 0.2) is 39.9 Å². The Hall–Kier alpha value is -13.0. The summed E-state index contributed by atoms with van der Waals surface area (Å²) in [5, 5.41) is 70.3. The minimum absolute atomic E-state index is 0.0772. The Labute approximate surface area is 820 Å². The highest BCUT2D eigenvalue weighted by Crippen LogP contribution is 2.43. The number of pyridine rings is 4. The van der Waals surface area contributed by atoms with Gasteiger partial charge in [-0.25, -0.2) is 19.9 Å². The number of amides is 3. The molecule has 33 nitrogen and oxygen atoms in total. The van der Waals surface area contributed by atoms with E-state index in [0.717, 1.165) is 170 Å². The Morgan fingerprint density at radius 3 is 1.15 bits per heavy atom. The number of piperidine rings is 3. The van der Waals surface area contributed by atoms with E-state index in [2.05, 4.69) is 126 Å². The first kappa shape index (κ1) is 94.7. The van der Waals surface area contributed by atoms with Gasteiger partial charge in [-0.1, -0.05) is 133 Å². The van der Waals surface area contributed by atoms with Crippen LogP contribution in [0.1, 0.15) is 99.3 Å².